The minimum absolute atomic E-state index is 0.126. The van der Waals surface area contributed by atoms with Crippen LogP contribution >= 0.6 is 0 Å². The molecule has 2 N–H and O–H groups in total. The molecule has 0 aliphatic carbocycles. The number of hydrogen-bond donors (Lipinski definition) is 2. The van der Waals surface area contributed by atoms with Gasteiger partial charge in [-0.15, -0.1) is 0 Å². The standard InChI is InChI=1S/C9H16N2O4/c1-4-7(9(14)15)10-8(13)5-11(3)6(2)12/h7H,4-5H2,1-3H3,(H,10,13)(H,14,15). The zero-order valence-electron chi connectivity index (χ0n) is 9.11. The number of carbonyl (C=O) groups excluding carboxylic acids is 2. The maximum Gasteiger partial charge on any atom is 0.326 e. The first-order chi connectivity index (χ1) is 6.88. The Bertz CT molecular complexity index is 265. The summed E-state index contributed by atoms with van der Waals surface area (Å²) >= 11 is 0. The number of carboxylic acid groups (broad SMARTS) is 1. The van der Waals surface area contributed by atoms with E-state index in [0.717, 1.165) is 0 Å². The van der Waals surface area contributed by atoms with Gasteiger partial charge in [-0.3, -0.25) is 9.59 Å². The average molecular weight is 216 g/mol. The second kappa shape index (κ2) is 6.00. The van der Waals surface area contributed by atoms with Gasteiger partial charge >= 0.3 is 5.97 Å². The lowest BCUT2D eigenvalue weighted by Gasteiger charge is -2.17. The van der Waals surface area contributed by atoms with Gasteiger partial charge in [-0.05, 0) is 6.42 Å². The fraction of sp³-hybridized carbons (Fsp3) is 0.667. The molecule has 0 rings (SSSR count). The minimum Gasteiger partial charge on any atom is -0.480 e. The van der Waals surface area contributed by atoms with Gasteiger partial charge in [0, 0.05) is 14.0 Å². The molecule has 0 radical (unpaired) electrons. The molecule has 15 heavy (non-hydrogen) atoms. The molecule has 0 aliphatic heterocycles. The normalized spacial score (nSPS) is 11.7. The van der Waals surface area contributed by atoms with Crippen LogP contribution in [0.15, 0.2) is 0 Å². The second-order valence-electron chi connectivity index (χ2n) is 3.24. The summed E-state index contributed by atoms with van der Waals surface area (Å²) in [7, 11) is 1.48. The highest BCUT2D eigenvalue weighted by Gasteiger charge is 2.18. The number of likely N-dealkylation sites (N-methyl/N-ethyl adjacent to an activating group) is 1. The first-order valence-electron chi connectivity index (χ1n) is 4.62. The quantitative estimate of drug-likeness (QED) is 0.645. The third-order valence-electron chi connectivity index (χ3n) is 1.96. The highest BCUT2D eigenvalue weighted by atomic mass is 16.4. The van der Waals surface area contributed by atoms with Crippen LogP contribution in [0.1, 0.15) is 20.3 Å². The Morgan fingerprint density at radius 2 is 1.93 bits per heavy atom. The Kier molecular flexibility index (Phi) is 5.36. The van der Waals surface area contributed by atoms with Gasteiger partial charge in [0.25, 0.3) is 0 Å². The number of nitrogens with zero attached hydrogens (tertiary/aromatic N) is 1. The smallest absolute Gasteiger partial charge is 0.326 e. The van der Waals surface area contributed by atoms with Crippen molar-refractivity contribution in [3.63, 3.8) is 0 Å². The Hall–Kier alpha value is -1.59. The summed E-state index contributed by atoms with van der Waals surface area (Å²) in [4.78, 5) is 33.9. The lowest BCUT2D eigenvalue weighted by Crippen LogP contribution is -2.45. The molecule has 0 fully saturated rings. The van der Waals surface area contributed by atoms with E-state index in [1.54, 1.807) is 6.92 Å². The molecule has 0 aromatic heterocycles. The van der Waals surface area contributed by atoms with Gasteiger partial charge in [0.2, 0.25) is 11.8 Å². The van der Waals surface area contributed by atoms with Crippen LogP contribution in [0.4, 0.5) is 0 Å². The molecule has 0 heterocycles. The molecule has 0 aromatic carbocycles. The van der Waals surface area contributed by atoms with Crippen molar-refractivity contribution in [2.75, 3.05) is 13.6 Å². The van der Waals surface area contributed by atoms with E-state index < -0.39 is 17.9 Å². The fourth-order valence-corrected chi connectivity index (χ4v) is 0.905. The summed E-state index contributed by atoms with van der Waals surface area (Å²) < 4.78 is 0. The molecule has 0 spiro atoms. The predicted octanol–water partition coefficient (Wildman–Crippen LogP) is -0.556. The van der Waals surface area contributed by atoms with Crippen molar-refractivity contribution >= 4 is 17.8 Å². The number of nitrogens with one attached hydrogen (secondary N) is 1. The first kappa shape index (κ1) is 13.4. The van der Waals surface area contributed by atoms with Gasteiger partial charge in [0.15, 0.2) is 0 Å². The van der Waals surface area contributed by atoms with E-state index in [4.69, 9.17) is 5.11 Å². The van der Waals surface area contributed by atoms with Crippen LogP contribution in [-0.2, 0) is 14.4 Å². The van der Waals surface area contributed by atoms with Crippen LogP contribution in [0.25, 0.3) is 0 Å². The van der Waals surface area contributed by atoms with Crippen molar-refractivity contribution in [1.29, 1.82) is 0 Å². The van der Waals surface area contributed by atoms with Crippen LogP contribution in [0.3, 0.4) is 0 Å². The Labute approximate surface area is 88.2 Å². The van der Waals surface area contributed by atoms with E-state index in [0.29, 0.717) is 6.42 Å². The number of rotatable bonds is 5. The van der Waals surface area contributed by atoms with Crippen molar-refractivity contribution < 1.29 is 19.5 Å². The number of amides is 2. The summed E-state index contributed by atoms with van der Waals surface area (Å²) in [6, 6.07) is -0.891. The molecular weight excluding hydrogens is 200 g/mol. The van der Waals surface area contributed by atoms with Gasteiger partial charge in [-0.1, -0.05) is 6.92 Å². The highest BCUT2D eigenvalue weighted by Crippen LogP contribution is 1.91. The predicted molar refractivity (Wildman–Crippen MR) is 53.2 cm³/mol. The minimum atomic E-state index is -1.07. The van der Waals surface area contributed by atoms with E-state index in [1.807, 2.05) is 0 Å². The van der Waals surface area contributed by atoms with Crippen molar-refractivity contribution in [2.45, 2.75) is 26.3 Å². The molecular formula is C9H16N2O4. The molecule has 0 bridgehead atoms. The Balaban J connectivity index is 4.13. The van der Waals surface area contributed by atoms with Gasteiger partial charge in [-0.2, -0.15) is 0 Å². The van der Waals surface area contributed by atoms with Crippen LogP contribution < -0.4 is 5.32 Å². The van der Waals surface area contributed by atoms with Gasteiger partial charge < -0.3 is 15.3 Å². The van der Waals surface area contributed by atoms with Crippen molar-refractivity contribution in [2.24, 2.45) is 0 Å². The van der Waals surface area contributed by atoms with Crippen LogP contribution in [0.2, 0.25) is 0 Å². The summed E-state index contributed by atoms with van der Waals surface area (Å²) in [6.45, 7) is 2.87. The topological polar surface area (TPSA) is 86.7 Å². The third-order valence-corrected chi connectivity index (χ3v) is 1.96. The molecule has 0 aliphatic rings. The monoisotopic (exact) mass is 216 g/mol. The molecule has 2 amide bonds. The summed E-state index contributed by atoms with van der Waals surface area (Å²) in [5.74, 6) is -1.79. The van der Waals surface area contributed by atoms with Crippen molar-refractivity contribution in [3.8, 4) is 0 Å². The summed E-state index contributed by atoms with van der Waals surface area (Å²) in [6.07, 6.45) is 0.310. The zero-order valence-corrected chi connectivity index (χ0v) is 9.11. The number of hydrogen-bond acceptors (Lipinski definition) is 3. The van der Waals surface area contributed by atoms with Crippen molar-refractivity contribution in [3.05, 3.63) is 0 Å². The second-order valence-corrected chi connectivity index (χ2v) is 3.24. The molecule has 86 valence electrons. The zero-order chi connectivity index (χ0) is 12.0. The Morgan fingerprint density at radius 3 is 2.27 bits per heavy atom. The lowest BCUT2D eigenvalue weighted by molar-refractivity contribution is -0.142. The van der Waals surface area contributed by atoms with E-state index in [2.05, 4.69) is 5.32 Å². The SMILES string of the molecule is CCC(NC(=O)CN(C)C(C)=O)C(=O)O. The molecule has 0 aromatic rings. The maximum atomic E-state index is 11.3. The first-order valence-corrected chi connectivity index (χ1v) is 4.62. The number of aliphatic carboxylic acids is 1. The van der Waals surface area contributed by atoms with Crippen LogP contribution in [0, 0.1) is 0 Å². The third kappa shape index (κ3) is 4.99. The maximum absolute atomic E-state index is 11.3. The highest BCUT2D eigenvalue weighted by molar-refractivity contribution is 5.87. The Morgan fingerprint density at radius 1 is 1.40 bits per heavy atom. The fourth-order valence-electron chi connectivity index (χ4n) is 0.905. The number of carboxylic acids is 1. The molecule has 1 atom stereocenters. The van der Waals surface area contributed by atoms with Gasteiger partial charge in [0.1, 0.15) is 6.04 Å². The molecule has 0 saturated heterocycles. The molecule has 6 heteroatoms. The molecule has 6 nitrogen and oxygen atoms in total. The lowest BCUT2D eigenvalue weighted by atomic mass is 10.2. The largest absolute Gasteiger partial charge is 0.480 e. The summed E-state index contributed by atoms with van der Waals surface area (Å²) in [5.41, 5.74) is 0. The van der Waals surface area contributed by atoms with Crippen molar-refractivity contribution in [1.82, 2.24) is 10.2 Å². The van der Waals surface area contributed by atoms with E-state index in [1.165, 1.54) is 18.9 Å². The molecule has 0 saturated carbocycles. The number of carbonyl (C=O) groups is 3. The summed E-state index contributed by atoms with van der Waals surface area (Å²) in [5, 5.41) is 11.0. The average Bonchev–Trinajstić information content (AvgIpc) is 2.13. The van der Waals surface area contributed by atoms with E-state index >= 15 is 0 Å². The van der Waals surface area contributed by atoms with E-state index in [9.17, 15) is 14.4 Å². The van der Waals surface area contributed by atoms with Crippen LogP contribution in [0.5, 0.6) is 0 Å². The van der Waals surface area contributed by atoms with Crippen LogP contribution in [-0.4, -0.2) is 47.4 Å². The molecule has 1 unspecified atom stereocenters. The van der Waals surface area contributed by atoms with E-state index in [-0.39, 0.29) is 12.5 Å². The van der Waals surface area contributed by atoms with Gasteiger partial charge in [0.05, 0.1) is 6.54 Å². The van der Waals surface area contributed by atoms with Gasteiger partial charge in [-0.25, -0.2) is 4.79 Å².